The number of benzene rings is 2. The third-order valence-corrected chi connectivity index (χ3v) is 1.67. The molecule has 0 atom stereocenters. The van der Waals surface area contributed by atoms with Crippen molar-refractivity contribution in [3.05, 3.63) is 48.3 Å². The van der Waals surface area contributed by atoms with Crippen molar-refractivity contribution in [3.63, 3.8) is 0 Å². The van der Waals surface area contributed by atoms with Gasteiger partial charge >= 0.3 is 0 Å². The molecule has 0 aliphatic rings. The van der Waals surface area contributed by atoms with E-state index in [2.05, 4.69) is 6.07 Å². The molecule has 0 heterocycles. The molecular weight excluding hydrogens is 139 g/mol. The number of halogens is 1. The minimum absolute atomic E-state index is 0.170. The van der Waals surface area contributed by atoms with Gasteiger partial charge in [-0.05, 0) is 23.6 Å². The Labute approximate surface area is 64.3 Å². The highest BCUT2D eigenvalue weighted by molar-refractivity contribution is 5.82. The van der Waals surface area contributed by atoms with Crippen LogP contribution in [0, 0.1) is 11.9 Å². The second-order valence-electron chi connectivity index (χ2n) is 2.39. The lowest BCUT2D eigenvalue weighted by atomic mass is 10.1. The molecule has 0 saturated carbocycles. The Hall–Kier alpha value is -1.37. The SMILES string of the molecule is Fc1cccc2c[c]ccc12. The number of rotatable bonds is 0. The van der Waals surface area contributed by atoms with Gasteiger partial charge in [0, 0.05) is 5.39 Å². The molecule has 0 N–H and O–H groups in total. The van der Waals surface area contributed by atoms with Crippen molar-refractivity contribution in [2.24, 2.45) is 0 Å². The van der Waals surface area contributed by atoms with Gasteiger partial charge in [-0.3, -0.25) is 0 Å². The van der Waals surface area contributed by atoms with E-state index < -0.39 is 0 Å². The Bertz CT molecular complexity index is 374. The Morgan fingerprint density at radius 1 is 1.18 bits per heavy atom. The first-order chi connectivity index (χ1) is 5.38. The van der Waals surface area contributed by atoms with E-state index in [0.29, 0.717) is 5.39 Å². The van der Waals surface area contributed by atoms with Crippen LogP contribution in [-0.4, -0.2) is 0 Å². The molecule has 0 bridgehead atoms. The second-order valence-corrected chi connectivity index (χ2v) is 2.39. The molecule has 0 spiro atoms. The summed E-state index contributed by atoms with van der Waals surface area (Å²) in [7, 11) is 0. The Kier molecular flexibility index (Phi) is 1.35. The molecule has 0 nitrogen and oxygen atoms in total. The molecule has 11 heavy (non-hydrogen) atoms. The standard InChI is InChI=1S/C10H6F/c11-10-7-3-5-8-4-1-2-6-9(8)10/h2-7H. The first-order valence-corrected chi connectivity index (χ1v) is 3.42. The molecule has 0 fully saturated rings. The molecule has 0 aliphatic carbocycles. The highest BCUT2D eigenvalue weighted by atomic mass is 19.1. The summed E-state index contributed by atoms with van der Waals surface area (Å²) in [6.45, 7) is 0. The number of hydrogen-bond acceptors (Lipinski definition) is 0. The minimum Gasteiger partial charge on any atom is -0.206 e. The van der Waals surface area contributed by atoms with Crippen molar-refractivity contribution >= 4 is 10.8 Å². The summed E-state index contributed by atoms with van der Waals surface area (Å²) in [5, 5.41) is 1.55. The normalized spacial score (nSPS) is 10.3. The Morgan fingerprint density at radius 3 is 2.91 bits per heavy atom. The van der Waals surface area contributed by atoms with Gasteiger partial charge in [0.2, 0.25) is 0 Å². The fourth-order valence-electron chi connectivity index (χ4n) is 1.12. The van der Waals surface area contributed by atoms with Gasteiger partial charge in [-0.15, -0.1) is 0 Å². The van der Waals surface area contributed by atoms with Crippen molar-refractivity contribution < 1.29 is 4.39 Å². The zero-order valence-electron chi connectivity index (χ0n) is 5.84. The predicted octanol–water partition coefficient (Wildman–Crippen LogP) is 2.78. The molecule has 2 aromatic rings. The van der Waals surface area contributed by atoms with E-state index in [1.807, 2.05) is 6.07 Å². The maximum atomic E-state index is 13.0. The zero-order valence-corrected chi connectivity index (χ0v) is 5.84. The average Bonchev–Trinajstić information content (AvgIpc) is 2.06. The van der Waals surface area contributed by atoms with E-state index in [0.717, 1.165) is 5.39 Å². The first-order valence-electron chi connectivity index (χ1n) is 3.42. The third kappa shape index (κ3) is 0.984. The molecule has 1 heteroatoms. The predicted molar refractivity (Wildman–Crippen MR) is 42.7 cm³/mol. The van der Waals surface area contributed by atoms with Crippen LogP contribution in [0.1, 0.15) is 0 Å². The molecule has 0 aliphatic heterocycles. The molecule has 2 aromatic carbocycles. The molecule has 0 aromatic heterocycles. The van der Waals surface area contributed by atoms with Crippen molar-refractivity contribution in [2.75, 3.05) is 0 Å². The fraction of sp³-hybridized carbons (Fsp3) is 0. The summed E-state index contributed by atoms with van der Waals surface area (Å²) < 4.78 is 13.0. The lowest BCUT2D eigenvalue weighted by Gasteiger charge is -1.95. The lowest BCUT2D eigenvalue weighted by Crippen LogP contribution is -1.76. The van der Waals surface area contributed by atoms with Gasteiger partial charge in [-0.2, -0.15) is 0 Å². The van der Waals surface area contributed by atoms with Gasteiger partial charge in [0.15, 0.2) is 0 Å². The van der Waals surface area contributed by atoms with Gasteiger partial charge < -0.3 is 0 Å². The molecule has 2 rings (SSSR count). The number of fused-ring (bicyclic) bond motifs is 1. The molecule has 0 amide bonds. The van der Waals surface area contributed by atoms with E-state index in [1.165, 1.54) is 6.07 Å². The Balaban J connectivity index is 2.91. The van der Waals surface area contributed by atoms with Gasteiger partial charge in [-0.1, -0.05) is 24.3 Å². The van der Waals surface area contributed by atoms with E-state index in [4.69, 9.17) is 0 Å². The van der Waals surface area contributed by atoms with Crippen molar-refractivity contribution in [1.29, 1.82) is 0 Å². The maximum absolute atomic E-state index is 13.0. The molecule has 1 radical (unpaired) electrons. The molecule has 0 saturated heterocycles. The largest absolute Gasteiger partial charge is 0.206 e. The summed E-state index contributed by atoms with van der Waals surface area (Å²) in [6, 6.07) is 13.1. The molecular formula is C10H6F. The molecule has 53 valence electrons. The monoisotopic (exact) mass is 145 g/mol. The summed E-state index contributed by atoms with van der Waals surface area (Å²) in [4.78, 5) is 0. The summed E-state index contributed by atoms with van der Waals surface area (Å²) >= 11 is 0. The smallest absolute Gasteiger partial charge is 0.131 e. The summed E-state index contributed by atoms with van der Waals surface area (Å²) in [6.07, 6.45) is 0. The highest BCUT2D eigenvalue weighted by Crippen LogP contribution is 2.15. The number of hydrogen-bond donors (Lipinski definition) is 0. The van der Waals surface area contributed by atoms with Gasteiger partial charge in [0.25, 0.3) is 0 Å². The van der Waals surface area contributed by atoms with Crippen molar-refractivity contribution in [3.8, 4) is 0 Å². The second kappa shape index (κ2) is 2.35. The van der Waals surface area contributed by atoms with Crippen LogP contribution in [0.25, 0.3) is 10.8 Å². The van der Waals surface area contributed by atoms with Crippen LogP contribution in [-0.2, 0) is 0 Å². The van der Waals surface area contributed by atoms with Crippen LogP contribution in [0.3, 0.4) is 0 Å². The van der Waals surface area contributed by atoms with E-state index in [9.17, 15) is 4.39 Å². The minimum atomic E-state index is -0.170. The average molecular weight is 145 g/mol. The third-order valence-electron chi connectivity index (χ3n) is 1.67. The van der Waals surface area contributed by atoms with Crippen molar-refractivity contribution in [1.82, 2.24) is 0 Å². The van der Waals surface area contributed by atoms with E-state index >= 15 is 0 Å². The van der Waals surface area contributed by atoms with Crippen LogP contribution in [0.5, 0.6) is 0 Å². The van der Waals surface area contributed by atoms with Crippen molar-refractivity contribution in [2.45, 2.75) is 0 Å². The van der Waals surface area contributed by atoms with E-state index in [-0.39, 0.29) is 5.82 Å². The van der Waals surface area contributed by atoms with Crippen LogP contribution < -0.4 is 0 Å². The summed E-state index contributed by atoms with van der Waals surface area (Å²) in [5.74, 6) is -0.170. The Morgan fingerprint density at radius 2 is 2.09 bits per heavy atom. The van der Waals surface area contributed by atoms with Crippen LogP contribution in [0.4, 0.5) is 4.39 Å². The van der Waals surface area contributed by atoms with Gasteiger partial charge in [-0.25, -0.2) is 4.39 Å². The topological polar surface area (TPSA) is 0 Å². The van der Waals surface area contributed by atoms with Crippen LogP contribution >= 0.6 is 0 Å². The van der Waals surface area contributed by atoms with Gasteiger partial charge in [0.05, 0.1) is 0 Å². The quantitative estimate of drug-likeness (QED) is 0.534. The zero-order chi connectivity index (χ0) is 7.68. The maximum Gasteiger partial charge on any atom is 0.131 e. The summed E-state index contributed by atoms with van der Waals surface area (Å²) in [5.41, 5.74) is 0. The van der Waals surface area contributed by atoms with Crippen LogP contribution in [0.15, 0.2) is 36.4 Å². The molecule has 0 unspecified atom stereocenters. The fourth-order valence-corrected chi connectivity index (χ4v) is 1.12. The van der Waals surface area contributed by atoms with E-state index in [1.54, 1.807) is 24.3 Å². The lowest BCUT2D eigenvalue weighted by molar-refractivity contribution is 0.640. The van der Waals surface area contributed by atoms with Crippen LogP contribution in [0.2, 0.25) is 0 Å². The highest BCUT2D eigenvalue weighted by Gasteiger charge is 1.95. The van der Waals surface area contributed by atoms with Gasteiger partial charge in [0.1, 0.15) is 5.82 Å². The first kappa shape index (κ1) is 6.35.